The van der Waals surface area contributed by atoms with Crippen molar-refractivity contribution in [1.29, 1.82) is 0 Å². The molecule has 20 heavy (non-hydrogen) atoms. The van der Waals surface area contributed by atoms with Gasteiger partial charge in [-0.2, -0.15) is 0 Å². The molecule has 6 nitrogen and oxygen atoms in total. The number of likely N-dealkylation sites (N-methyl/N-ethyl adjacent to an activating group) is 1. The van der Waals surface area contributed by atoms with Crippen LogP contribution < -0.4 is 10.0 Å². The van der Waals surface area contributed by atoms with Crippen molar-refractivity contribution in [2.24, 2.45) is 0 Å². The van der Waals surface area contributed by atoms with Gasteiger partial charge in [-0.1, -0.05) is 0 Å². The molecule has 0 amide bonds. The Morgan fingerprint density at radius 2 is 2.10 bits per heavy atom. The highest BCUT2D eigenvalue weighted by Crippen LogP contribution is 2.18. The number of sulfonamides is 1. The first-order valence-electron chi connectivity index (χ1n) is 6.76. The summed E-state index contributed by atoms with van der Waals surface area (Å²) in [6.45, 7) is 7.74. The number of hydrogen-bond donors (Lipinski definition) is 2. The average Bonchev–Trinajstić information content (AvgIpc) is 2.39. The fourth-order valence-electron chi connectivity index (χ4n) is 1.62. The third-order valence-electron chi connectivity index (χ3n) is 3.08. The summed E-state index contributed by atoms with van der Waals surface area (Å²) in [7, 11) is -1.57. The van der Waals surface area contributed by atoms with Gasteiger partial charge in [-0.25, -0.2) is 13.1 Å². The van der Waals surface area contributed by atoms with E-state index in [4.69, 9.17) is 0 Å². The van der Waals surface area contributed by atoms with E-state index in [0.717, 1.165) is 0 Å². The van der Waals surface area contributed by atoms with Gasteiger partial charge in [0.25, 0.3) is 0 Å². The minimum Gasteiger partial charge on any atom is -0.384 e. The quantitative estimate of drug-likeness (QED) is 0.753. The fourth-order valence-corrected chi connectivity index (χ4v) is 2.77. The molecule has 2 N–H and O–H groups in total. The molecular formula is C13H24N4O2S. The van der Waals surface area contributed by atoms with Crippen LogP contribution in [0.4, 0.5) is 5.69 Å². The van der Waals surface area contributed by atoms with Gasteiger partial charge in [0.2, 0.25) is 10.0 Å². The van der Waals surface area contributed by atoms with Crippen molar-refractivity contribution in [2.75, 3.05) is 32.0 Å². The lowest BCUT2D eigenvalue weighted by molar-refractivity contribution is 0.278. The summed E-state index contributed by atoms with van der Waals surface area (Å²) in [6, 6.07) is 2.05. The van der Waals surface area contributed by atoms with Crippen LogP contribution in [-0.2, 0) is 10.0 Å². The molecule has 0 aliphatic rings. The van der Waals surface area contributed by atoms with Crippen LogP contribution in [0.1, 0.15) is 20.8 Å². The summed E-state index contributed by atoms with van der Waals surface area (Å²) < 4.78 is 27.1. The van der Waals surface area contributed by atoms with Crippen molar-refractivity contribution in [1.82, 2.24) is 14.6 Å². The SMILES string of the molecule is CCNc1ccncc1S(=O)(=O)NCCN(C)C(C)C. The molecule has 0 unspecified atom stereocenters. The molecule has 114 valence electrons. The van der Waals surface area contributed by atoms with Crippen LogP contribution >= 0.6 is 0 Å². The summed E-state index contributed by atoms with van der Waals surface area (Å²) in [4.78, 5) is 6.16. The predicted octanol–water partition coefficient (Wildman–Crippen LogP) is 1.13. The van der Waals surface area contributed by atoms with E-state index in [1.165, 1.54) is 6.20 Å². The minimum absolute atomic E-state index is 0.189. The van der Waals surface area contributed by atoms with Crippen molar-refractivity contribution in [3.8, 4) is 0 Å². The van der Waals surface area contributed by atoms with Gasteiger partial charge in [0.15, 0.2) is 0 Å². The molecule has 7 heteroatoms. The summed E-state index contributed by atoms with van der Waals surface area (Å²) in [5, 5.41) is 3.03. The third kappa shape index (κ3) is 4.73. The number of hydrogen-bond acceptors (Lipinski definition) is 5. The van der Waals surface area contributed by atoms with Gasteiger partial charge >= 0.3 is 0 Å². The standard InChI is InChI=1S/C13H24N4O2S/c1-5-15-12-6-7-14-10-13(12)20(18,19)16-8-9-17(4)11(2)3/h6-7,10-11,16H,5,8-9H2,1-4H3,(H,14,15). The number of anilines is 1. The minimum atomic E-state index is -3.54. The van der Waals surface area contributed by atoms with Gasteiger partial charge < -0.3 is 10.2 Å². The number of nitrogens with one attached hydrogen (secondary N) is 2. The Hall–Kier alpha value is -1.18. The Labute approximate surface area is 121 Å². The zero-order valence-electron chi connectivity index (χ0n) is 12.5. The first kappa shape index (κ1) is 16.9. The van der Waals surface area contributed by atoms with E-state index in [2.05, 4.69) is 33.8 Å². The van der Waals surface area contributed by atoms with Crippen LogP contribution in [0, 0.1) is 0 Å². The Kier molecular flexibility index (Phi) is 6.38. The van der Waals surface area contributed by atoms with E-state index in [0.29, 0.717) is 31.4 Å². The van der Waals surface area contributed by atoms with Gasteiger partial charge in [0, 0.05) is 38.1 Å². The maximum absolute atomic E-state index is 12.3. The fraction of sp³-hybridized carbons (Fsp3) is 0.615. The van der Waals surface area contributed by atoms with Crippen LogP contribution in [0.25, 0.3) is 0 Å². The molecule has 1 rings (SSSR count). The molecule has 0 aromatic carbocycles. The second-order valence-electron chi connectivity index (χ2n) is 4.87. The lowest BCUT2D eigenvalue weighted by atomic mass is 10.3. The van der Waals surface area contributed by atoms with Crippen LogP contribution in [-0.4, -0.2) is 51.0 Å². The zero-order valence-corrected chi connectivity index (χ0v) is 13.4. The zero-order chi connectivity index (χ0) is 15.2. The molecular weight excluding hydrogens is 276 g/mol. The number of rotatable bonds is 8. The van der Waals surface area contributed by atoms with Crippen molar-refractivity contribution in [3.05, 3.63) is 18.5 Å². The van der Waals surface area contributed by atoms with Crippen LogP contribution in [0.2, 0.25) is 0 Å². The van der Waals surface area contributed by atoms with Gasteiger partial charge in [-0.3, -0.25) is 4.98 Å². The van der Waals surface area contributed by atoms with Crippen molar-refractivity contribution in [3.63, 3.8) is 0 Å². The van der Waals surface area contributed by atoms with E-state index >= 15 is 0 Å². The summed E-state index contributed by atoms with van der Waals surface area (Å²) in [6.07, 6.45) is 2.94. The topological polar surface area (TPSA) is 74.3 Å². The first-order valence-corrected chi connectivity index (χ1v) is 8.24. The van der Waals surface area contributed by atoms with Crippen LogP contribution in [0.5, 0.6) is 0 Å². The number of aromatic nitrogens is 1. The smallest absolute Gasteiger partial charge is 0.244 e. The maximum Gasteiger partial charge on any atom is 0.244 e. The lowest BCUT2D eigenvalue weighted by Gasteiger charge is -2.21. The average molecular weight is 300 g/mol. The van der Waals surface area contributed by atoms with Gasteiger partial charge in [-0.05, 0) is 33.9 Å². The van der Waals surface area contributed by atoms with Crippen molar-refractivity contribution >= 4 is 15.7 Å². The highest BCUT2D eigenvalue weighted by molar-refractivity contribution is 7.89. The van der Waals surface area contributed by atoms with E-state index in [1.807, 2.05) is 14.0 Å². The number of pyridine rings is 1. The monoisotopic (exact) mass is 300 g/mol. The summed E-state index contributed by atoms with van der Waals surface area (Å²) >= 11 is 0. The summed E-state index contributed by atoms with van der Waals surface area (Å²) in [5.41, 5.74) is 0.576. The van der Waals surface area contributed by atoms with Crippen LogP contribution in [0.3, 0.4) is 0 Å². The highest BCUT2D eigenvalue weighted by Gasteiger charge is 2.18. The lowest BCUT2D eigenvalue weighted by Crippen LogP contribution is -2.36. The Morgan fingerprint density at radius 3 is 2.70 bits per heavy atom. The second-order valence-corrected chi connectivity index (χ2v) is 6.61. The van der Waals surface area contributed by atoms with Crippen molar-refractivity contribution in [2.45, 2.75) is 31.7 Å². The third-order valence-corrected chi connectivity index (χ3v) is 4.57. The molecule has 1 heterocycles. The Balaban J connectivity index is 2.74. The van der Waals surface area contributed by atoms with E-state index in [-0.39, 0.29) is 4.90 Å². The largest absolute Gasteiger partial charge is 0.384 e. The van der Waals surface area contributed by atoms with Crippen molar-refractivity contribution < 1.29 is 8.42 Å². The molecule has 0 fully saturated rings. The van der Waals surface area contributed by atoms with Crippen LogP contribution in [0.15, 0.2) is 23.4 Å². The second kappa shape index (κ2) is 7.56. The van der Waals surface area contributed by atoms with Gasteiger partial charge in [0.1, 0.15) is 4.90 Å². The predicted molar refractivity (Wildman–Crippen MR) is 81.4 cm³/mol. The molecule has 1 aromatic rings. The molecule has 0 saturated carbocycles. The Morgan fingerprint density at radius 1 is 1.40 bits per heavy atom. The molecule has 0 radical (unpaired) electrons. The molecule has 0 atom stereocenters. The Bertz CT molecular complexity index is 517. The normalized spacial score (nSPS) is 12.1. The molecule has 0 aliphatic heterocycles. The molecule has 0 saturated heterocycles. The summed E-state index contributed by atoms with van der Waals surface area (Å²) in [5.74, 6) is 0. The number of nitrogens with zero attached hydrogens (tertiary/aromatic N) is 2. The maximum atomic E-state index is 12.3. The van der Waals surface area contributed by atoms with Gasteiger partial charge in [0.05, 0.1) is 5.69 Å². The molecule has 1 aromatic heterocycles. The van der Waals surface area contributed by atoms with E-state index < -0.39 is 10.0 Å². The molecule has 0 spiro atoms. The first-order chi connectivity index (χ1) is 9.38. The molecule has 0 aliphatic carbocycles. The van der Waals surface area contributed by atoms with E-state index in [9.17, 15) is 8.42 Å². The van der Waals surface area contributed by atoms with E-state index in [1.54, 1.807) is 12.3 Å². The molecule has 0 bridgehead atoms. The van der Waals surface area contributed by atoms with Gasteiger partial charge in [-0.15, -0.1) is 0 Å². The highest BCUT2D eigenvalue weighted by atomic mass is 32.2.